The molecule has 0 heterocycles. The van der Waals surface area contributed by atoms with E-state index in [4.69, 9.17) is 16.3 Å². The summed E-state index contributed by atoms with van der Waals surface area (Å²) in [5.74, 6) is 0.376. The Labute approximate surface area is 123 Å². The third kappa shape index (κ3) is 4.22. The molecule has 106 valence electrons. The molecule has 0 fully saturated rings. The van der Waals surface area contributed by atoms with E-state index in [1.165, 1.54) is 6.07 Å². The van der Waals surface area contributed by atoms with E-state index in [1.807, 2.05) is 13.0 Å². The van der Waals surface area contributed by atoms with Crippen LogP contribution in [0.2, 0.25) is 5.02 Å². The van der Waals surface area contributed by atoms with Gasteiger partial charge in [0.2, 0.25) is 0 Å². The van der Waals surface area contributed by atoms with E-state index in [-0.39, 0.29) is 12.4 Å². The Morgan fingerprint density at radius 2 is 2.05 bits per heavy atom. The second kappa shape index (κ2) is 7.27. The summed E-state index contributed by atoms with van der Waals surface area (Å²) in [5.41, 5.74) is 1.58. The summed E-state index contributed by atoms with van der Waals surface area (Å²) in [7, 11) is 0. The number of nitrogens with one attached hydrogen (secondary N) is 1. The van der Waals surface area contributed by atoms with Crippen LogP contribution in [0.3, 0.4) is 0 Å². The molecule has 2 nitrogen and oxygen atoms in total. The van der Waals surface area contributed by atoms with E-state index in [0.717, 1.165) is 18.7 Å². The number of halogens is 2. The lowest BCUT2D eigenvalue weighted by atomic mass is 10.1. The molecule has 0 radical (unpaired) electrons. The summed E-state index contributed by atoms with van der Waals surface area (Å²) in [5, 5.41) is 3.81. The molecule has 4 heteroatoms. The van der Waals surface area contributed by atoms with Crippen LogP contribution in [0, 0.1) is 5.82 Å². The first-order valence-electron chi connectivity index (χ1n) is 6.55. The van der Waals surface area contributed by atoms with E-state index in [0.29, 0.717) is 16.3 Å². The fraction of sp³-hybridized carbons (Fsp3) is 0.250. The zero-order valence-electron chi connectivity index (χ0n) is 11.3. The smallest absolute Gasteiger partial charge is 0.129 e. The number of benzene rings is 2. The molecule has 0 aliphatic heterocycles. The molecule has 0 saturated heterocycles. The van der Waals surface area contributed by atoms with E-state index < -0.39 is 0 Å². The van der Waals surface area contributed by atoms with Crippen LogP contribution >= 0.6 is 11.6 Å². The van der Waals surface area contributed by atoms with Crippen molar-refractivity contribution in [1.29, 1.82) is 0 Å². The molecule has 0 amide bonds. The van der Waals surface area contributed by atoms with Gasteiger partial charge in [-0.25, -0.2) is 4.39 Å². The first-order chi connectivity index (χ1) is 9.69. The van der Waals surface area contributed by atoms with Crippen molar-refractivity contribution in [1.82, 2.24) is 5.32 Å². The van der Waals surface area contributed by atoms with Gasteiger partial charge in [-0.3, -0.25) is 0 Å². The Morgan fingerprint density at radius 3 is 2.80 bits per heavy atom. The monoisotopic (exact) mass is 293 g/mol. The van der Waals surface area contributed by atoms with E-state index in [9.17, 15) is 4.39 Å². The summed E-state index contributed by atoms with van der Waals surface area (Å²) >= 11 is 5.88. The Balaban J connectivity index is 2.04. The highest BCUT2D eigenvalue weighted by Crippen LogP contribution is 2.19. The van der Waals surface area contributed by atoms with Gasteiger partial charge in [0, 0.05) is 17.1 Å². The van der Waals surface area contributed by atoms with Crippen molar-refractivity contribution in [2.24, 2.45) is 0 Å². The number of rotatable bonds is 6. The predicted octanol–water partition coefficient (Wildman–Crippen LogP) is 4.17. The Bertz CT molecular complexity index is 574. The largest absolute Gasteiger partial charge is 0.489 e. The fourth-order valence-electron chi connectivity index (χ4n) is 1.84. The van der Waals surface area contributed by atoms with Crippen LogP contribution in [0.4, 0.5) is 4.39 Å². The molecule has 0 aliphatic carbocycles. The normalized spacial score (nSPS) is 10.6. The Morgan fingerprint density at radius 1 is 1.20 bits per heavy atom. The maximum absolute atomic E-state index is 13.7. The molecule has 0 aliphatic rings. The molecule has 1 N–H and O–H groups in total. The van der Waals surface area contributed by atoms with Crippen molar-refractivity contribution in [3.63, 3.8) is 0 Å². The Kier molecular flexibility index (Phi) is 5.39. The Hall–Kier alpha value is -1.58. The maximum Gasteiger partial charge on any atom is 0.129 e. The second-order valence-corrected chi connectivity index (χ2v) is 4.89. The zero-order chi connectivity index (χ0) is 14.4. The third-order valence-corrected chi connectivity index (χ3v) is 3.11. The zero-order valence-corrected chi connectivity index (χ0v) is 12.1. The van der Waals surface area contributed by atoms with Gasteiger partial charge < -0.3 is 10.1 Å². The van der Waals surface area contributed by atoms with Gasteiger partial charge in [-0.2, -0.15) is 0 Å². The second-order valence-electron chi connectivity index (χ2n) is 4.45. The van der Waals surface area contributed by atoms with Crippen LogP contribution in [0.25, 0.3) is 0 Å². The predicted molar refractivity (Wildman–Crippen MR) is 79.6 cm³/mol. The standard InChI is InChI=1S/C16H17ClFNO/c1-2-19-10-12-6-7-16(18)13(8-12)11-20-15-5-3-4-14(17)9-15/h3-9,19H,2,10-11H2,1H3. The summed E-state index contributed by atoms with van der Waals surface area (Å²) in [6.45, 7) is 3.82. The van der Waals surface area contributed by atoms with Gasteiger partial charge in [-0.05, 0) is 42.4 Å². The minimum Gasteiger partial charge on any atom is -0.489 e. The minimum absolute atomic E-state index is 0.187. The number of ether oxygens (including phenoxy) is 1. The van der Waals surface area contributed by atoms with Gasteiger partial charge in [-0.15, -0.1) is 0 Å². The van der Waals surface area contributed by atoms with Crippen molar-refractivity contribution < 1.29 is 9.13 Å². The lowest BCUT2D eigenvalue weighted by molar-refractivity contribution is 0.299. The van der Waals surface area contributed by atoms with E-state index >= 15 is 0 Å². The average Bonchev–Trinajstić information content (AvgIpc) is 2.45. The van der Waals surface area contributed by atoms with Crippen molar-refractivity contribution in [2.45, 2.75) is 20.1 Å². The van der Waals surface area contributed by atoms with Crippen LogP contribution in [0.15, 0.2) is 42.5 Å². The summed E-state index contributed by atoms with van der Waals surface area (Å²) < 4.78 is 19.3. The molecule has 20 heavy (non-hydrogen) atoms. The van der Waals surface area contributed by atoms with Gasteiger partial charge in [0.05, 0.1) is 0 Å². The molecular formula is C16H17ClFNO. The molecule has 0 unspecified atom stereocenters. The third-order valence-electron chi connectivity index (χ3n) is 2.88. The van der Waals surface area contributed by atoms with Crippen molar-refractivity contribution >= 4 is 11.6 Å². The van der Waals surface area contributed by atoms with Crippen LogP contribution in [-0.2, 0) is 13.2 Å². The lowest BCUT2D eigenvalue weighted by Crippen LogP contribution is -2.12. The number of hydrogen-bond acceptors (Lipinski definition) is 2. The molecule has 2 rings (SSSR count). The first kappa shape index (κ1) is 14.8. The van der Waals surface area contributed by atoms with E-state index in [2.05, 4.69) is 5.32 Å². The summed E-state index contributed by atoms with van der Waals surface area (Å²) in [4.78, 5) is 0. The van der Waals surface area contributed by atoms with Crippen LogP contribution < -0.4 is 10.1 Å². The minimum atomic E-state index is -0.257. The molecule has 2 aromatic rings. The molecule has 0 bridgehead atoms. The van der Waals surface area contributed by atoms with Gasteiger partial charge in [0.15, 0.2) is 0 Å². The average molecular weight is 294 g/mol. The fourth-order valence-corrected chi connectivity index (χ4v) is 2.02. The van der Waals surface area contributed by atoms with Crippen molar-refractivity contribution in [3.8, 4) is 5.75 Å². The van der Waals surface area contributed by atoms with Gasteiger partial charge in [0.1, 0.15) is 18.2 Å². The first-order valence-corrected chi connectivity index (χ1v) is 6.93. The summed E-state index contributed by atoms with van der Waals surface area (Å²) in [6.07, 6.45) is 0. The van der Waals surface area contributed by atoms with Gasteiger partial charge in [-0.1, -0.05) is 30.7 Å². The quantitative estimate of drug-likeness (QED) is 0.863. The number of hydrogen-bond donors (Lipinski definition) is 1. The topological polar surface area (TPSA) is 21.3 Å². The van der Waals surface area contributed by atoms with Crippen LogP contribution in [-0.4, -0.2) is 6.54 Å². The maximum atomic E-state index is 13.7. The van der Waals surface area contributed by atoms with Crippen molar-refractivity contribution in [3.05, 3.63) is 64.4 Å². The highest BCUT2D eigenvalue weighted by atomic mass is 35.5. The highest BCUT2D eigenvalue weighted by Gasteiger charge is 2.05. The van der Waals surface area contributed by atoms with Crippen LogP contribution in [0.5, 0.6) is 5.75 Å². The molecule has 2 aromatic carbocycles. The van der Waals surface area contributed by atoms with Gasteiger partial charge >= 0.3 is 0 Å². The summed E-state index contributed by atoms with van der Waals surface area (Å²) in [6, 6.07) is 12.2. The van der Waals surface area contributed by atoms with Gasteiger partial charge in [0.25, 0.3) is 0 Å². The molecular weight excluding hydrogens is 277 g/mol. The molecule has 0 saturated carbocycles. The van der Waals surface area contributed by atoms with Crippen LogP contribution in [0.1, 0.15) is 18.1 Å². The lowest BCUT2D eigenvalue weighted by Gasteiger charge is -2.09. The van der Waals surface area contributed by atoms with Crippen molar-refractivity contribution in [2.75, 3.05) is 6.54 Å². The molecule has 0 spiro atoms. The highest BCUT2D eigenvalue weighted by molar-refractivity contribution is 6.30. The molecule has 0 atom stereocenters. The SMILES string of the molecule is CCNCc1ccc(F)c(COc2cccc(Cl)c2)c1. The van der Waals surface area contributed by atoms with E-state index in [1.54, 1.807) is 30.3 Å². The molecule has 0 aromatic heterocycles.